The third kappa shape index (κ3) is 5.98. The highest BCUT2D eigenvalue weighted by molar-refractivity contribution is 7.83. The summed E-state index contributed by atoms with van der Waals surface area (Å²) in [5, 5.41) is 0. The number of benzene rings is 1. The molecule has 0 saturated carbocycles. The van der Waals surface area contributed by atoms with E-state index in [9.17, 15) is 9.00 Å². The zero-order valence-corrected chi connectivity index (χ0v) is 14.2. The van der Waals surface area contributed by atoms with Crippen molar-refractivity contribution < 1.29 is 9.00 Å². The Morgan fingerprint density at radius 2 is 2.05 bits per heavy atom. The molecule has 1 amide bonds. The van der Waals surface area contributed by atoms with Crippen LogP contribution in [0.1, 0.15) is 36.2 Å². The molecule has 2 N–H and O–H groups in total. The van der Waals surface area contributed by atoms with Crippen molar-refractivity contribution in [1.29, 1.82) is 0 Å². The third-order valence-electron chi connectivity index (χ3n) is 3.54. The van der Waals surface area contributed by atoms with Gasteiger partial charge in [-0.1, -0.05) is 26.0 Å². The van der Waals surface area contributed by atoms with E-state index in [0.717, 1.165) is 12.0 Å². The lowest BCUT2D eigenvalue weighted by Crippen LogP contribution is -2.34. The van der Waals surface area contributed by atoms with Gasteiger partial charge in [-0.05, 0) is 30.0 Å². The Morgan fingerprint density at radius 1 is 1.38 bits per heavy atom. The Hall–Kier alpha value is -1.20. The van der Waals surface area contributed by atoms with Gasteiger partial charge in [0.1, 0.15) is 0 Å². The van der Waals surface area contributed by atoms with Gasteiger partial charge in [-0.25, -0.2) is 0 Å². The average Bonchev–Trinajstić information content (AvgIpc) is 2.42. The van der Waals surface area contributed by atoms with Gasteiger partial charge in [0.25, 0.3) is 5.91 Å². The molecule has 4 nitrogen and oxygen atoms in total. The fourth-order valence-corrected chi connectivity index (χ4v) is 2.68. The van der Waals surface area contributed by atoms with E-state index >= 15 is 0 Å². The van der Waals surface area contributed by atoms with Crippen molar-refractivity contribution in [3.63, 3.8) is 0 Å². The topological polar surface area (TPSA) is 63.4 Å². The fourth-order valence-electron chi connectivity index (χ4n) is 2.03. The van der Waals surface area contributed by atoms with Crippen LogP contribution in [0.5, 0.6) is 0 Å². The maximum absolute atomic E-state index is 12.4. The van der Waals surface area contributed by atoms with Gasteiger partial charge in [0.05, 0.1) is 0 Å². The first kappa shape index (κ1) is 17.9. The number of hydrogen-bond acceptors (Lipinski definition) is 3. The molecule has 2 unspecified atom stereocenters. The van der Waals surface area contributed by atoms with Gasteiger partial charge >= 0.3 is 0 Å². The van der Waals surface area contributed by atoms with Crippen LogP contribution in [0.15, 0.2) is 24.3 Å². The molecular weight excluding hydrogens is 284 g/mol. The van der Waals surface area contributed by atoms with E-state index < -0.39 is 10.8 Å². The zero-order chi connectivity index (χ0) is 16.0. The maximum Gasteiger partial charge on any atom is 0.253 e. The van der Waals surface area contributed by atoms with Crippen LogP contribution in [-0.4, -0.2) is 40.9 Å². The highest BCUT2D eigenvalue weighted by atomic mass is 32.2. The molecule has 0 saturated heterocycles. The quantitative estimate of drug-likeness (QED) is 0.838. The maximum atomic E-state index is 12.4. The van der Waals surface area contributed by atoms with Gasteiger partial charge in [0, 0.05) is 48.0 Å². The summed E-state index contributed by atoms with van der Waals surface area (Å²) in [6.07, 6.45) is 2.45. The monoisotopic (exact) mass is 310 g/mol. The molecule has 0 spiro atoms. The Kier molecular flexibility index (Phi) is 7.05. The molecule has 0 bridgehead atoms. The van der Waals surface area contributed by atoms with Crippen LogP contribution in [-0.2, 0) is 16.6 Å². The van der Waals surface area contributed by atoms with Crippen molar-refractivity contribution >= 4 is 16.7 Å². The van der Waals surface area contributed by atoms with Crippen LogP contribution in [0.4, 0.5) is 0 Å². The number of rotatable bonds is 7. The van der Waals surface area contributed by atoms with Gasteiger partial charge < -0.3 is 10.6 Å². The minimum Gasteiger partial charge on any atom is -0.342 e. The second-order valence-corrected chi connectivity index (χ2v) is 7.28. The van der Waals surface area contributed by atoms with Crippen molar-refractivity contribution in [2.24, 2.45) is 11.7 Å². The molecule has 0 aliphatic carbocycles. The molecule has 1 rings (SSSR count). The summed E-state index contributed by atoms with van der Waals surface area (Å²) < 4.78 is 11.3. The molecule has 0 heterocycles. The fraction of sp³-hybridized carbons (Fsp3) is 0.562. The number of amides is 1. The van der Waals surface area contributed by atoms with Gasteiger partial charge in [0.15, 0.2) is 0 Å². The van der Waals surface area contributed by atoms with Crippen molar-refractivity contribution in [1.82, 2.24) is 4.90 Å². The largest absolute Gasteiger partial charge is 0.342 e. The molecular formula is C16H26N2O2S. The standard InChI is InChI=1S/C16H26N2O2S/c1-12(2)15(17)8-9-18(3)16(19)14-7-5-6-13(10-14)11-21(4)20/h5-7,10,12,15H,8-9,11,17H2,1-4H3. The third-order valence-corrected chi connectivity index (χ3v) is 4.28. The summed E-state index contributed by atoms with van der Waals surface area (Å²) in [7, 11) is 0.887. The number of nitrogens with zero attached hydrogens (tertiary/aromatic N) is 1. The Balaban J connectivity index is 2.67. The lowest BCUT2D eigenvalue weighted by molar-refractivity contribution is 0.0789. The Morgan fingerprint density at radius 3 is 2.62 bits per heavy atom. The smallest absolute Gasteiger partial charge is 0.253 e. The van der Waals surface area contributed by atoms with Crippen LogP contribution in [0.3, 0.4) is 0 Å². The molecule has 0 aliphatic rings. The zero-order valence-electron chi connectivity index (χ0n) is 13.3. The molecule has 1 aromatic carbocycles. The summed E-state index contributed by atoms with van der Waals surface area (Å²) in [6.45, 7) is 4.81. The molecule has 0 aliphatic heterocycles. The van der Waals surface area contributed by atoms with Crippen LogP contribution in [0.25, 0.3) is 0 Å². The minimum atomic E-state index is -0.905. The van der Waals surface area contributed by atoms with Gasteiger partial charge in [-0.3, -0.25) is 9.00 Å². The summed E-state index contributed by atoms with van der Waals surface area (Å²) in [5.41, 5.74) is 7.57. The molecule has 0 radical (unpaired) electrons. The second kappa shape index (κ2) is 8.29. The number of hydrogen-bond donors (Lipinski definition) is 1. The van der Waals surface area contributed by atoms with E-state index in [2.05, 4.69) is 13.8 Å². The van der Waals surface area contributed by atoms with Crippen LogP contribution < -0.4 is 5.73 Å². The molecule has 21 heavy (non-hydrogen) atoms. The van der Waals surface area contributed by atoms with Crippen LogP contribution in [0.2, 0.25) is 0 Å². The molecule has 1 aromatic rings. The van der Waals surface area contributed by atoms with Crippen LogP contribution in [0, 0.1) is 5.92 Å². The molecule has 0 fully saturated rings. The van der Waals surface area contributed by atoms with Gasteiger partial charge in [0.2, 0.25) is 0 Å². The first-order valence-electron chi connectivity index (χ1n) is 7.21. The lowest BCUT2D eigenvalue weighted by Gasteiger charge is -2.21. The summed E-state index contributed by atoms with van der Waals surface area (Å²) in [5.74, 6) is 0.870. The van der Waals surface area contributed by atoms with E-state index in [0.29, 0.717) is 23.8 Å². The van der Waals surface area contributed by atoms with E-state index in [4.69, 9.17) is 5.73 Å². The molecule has 5 heteroatoms. The normalized spacial score (nSPS) is 14.0. The van der Waals surface area contributed by atoms with E-state index in [1.807, 2.05) is 18.2 Å². The summed E-state index contributed by atoms with van der Waals surface area (Å²) >= 11 is 0. The minimum absolute atomic E-state index is 0.0188. The van der Waals surface area contributed by atoms with Crippen LogP contribution >= 0.6 is 0 Å². The highest BCUT2D eigenvalue weighted by Gasteiger charge is 2.14. The lowest BCUT2D eigenvalue weighted by atomic mass is 10.0. The highest BCUT2D eigenvalue weighted by Crippen LogP contribution is 2.11. The first-order valence-corrected chi connectivity index (χ1v) is 8.94. The van der Waals surface area contributed by atoms with Crippen molar-refractivity contribution in [3.8, 4) is 0 Å². The molecule has 118 valence electrons. The second-order valence-electron chi connectivity index (χ2n) is 5.84. The number of carbonyl (C=O) groups is 1. The summed E-state index contributed by atoms with van der Waals surface area (Å²) in [4.78, 5) is 14.1. The van der Waals surface area contributed by atoms with Crippen molar-refractivity contribution in [3.05, 3.63) is 35.4 Å². The molecule has 0 aromatic heterocycles. The van der Waals surface area contributed by atoms with E-state index in [-0.39, 0.29) is 11.9 Å². The number of carbonyl (C=O) groups excluding carboxylic acids is 1. The van der Waals surface area contributed by atoms with Crippen molar-refractivity contribution in [2.75, 3.05) is 19.8 Å². The molecule has 2 atom stereocenters. The average molecular weight is 310 g/mol. The predicted octanol–water partition coefficient (Wildman–Crippen LogP) is 2.01. The van der Waals surface area contributed by atoms with Gasteiger partial charge in [-0.2, -0.15) is 0 Å². The first-order chi connectivity index (χ1) is 9.81. The SMILES string of the molecule is CC(C)C(N)CCN(C)C(=O)c1cccc(CS(C)=O)c1. The van der Waals surface area contributed by atoms with Gasteiger partial charge in [-0.15, -0.1) is 0 Å². The van der Waals surface area contributed by atoms with E-state index in [1.165, 1.54) is 0 Å². The predicted molar refractivity (Wildman–Crippen MR) is 88.6 cm³/mol. The number of nitrogens with two attached hydrogens (primary N) is 1. The Labute approximate surface area is 130 Å². The van der Waals surface area contributed by atoms with Crippen molar-refractivity contribution in [2.45, 2.75) is 32.1 Å². The summed E-state index contributed by atoms with van der Waals surface area (Å²) in [6, 6.07) is 7.45. The Bertz CT molecular complexity index is 503. The van der Waals surface area contributed by atoms with E-state index in [1.54, 1.807) is 24.3 Å².